The van der Waals surface area contributed by atoms with E-state index in [-0.39, 0.29) is 0 Å². The summed E-state index contributed by atoms with van der Waals surface area (Å²) in [4.78, 5) is 4.76. The van der Waals surface area contributed by atoms with Crippen molar-refractivity contribution in [1.29, 1.82) is 0 Å². The molecule has 122 valence electrons. The summed E-state index contributed by atoms with van der Waals surface area (Å²) in [5.74, 6) is 0.408. The van der Waals surface area contributed by atoms with Crippen molar-refractivity contribution >= 4 is 17.3 Å². The third-order valence-corrected chi connectivity index (χ3v) is 4.87. The highest BCUT2D eigenvalue weighted by atomic mass is 35.5. The van der Waals surface area contributed by atoms with Gasteiger partial charge in [0.05, 0.1) is 0 Å². The fourth-order valence-electron chi connectivity index (χ4n) is 3.07. The second kappa shape index (κ2) is 6.81. The number of benzene rings is 2. The predicted molar refractivity (Wildman–Crippen MR) is 96.5 cm³/mol. The van der Waals surface area contributed by atoms with Gasteiger partial charge in [-0.3, -0.25) is 4.90 Å². The number of aryl methyl sites for hydroxylation is 2. The number of nitrogens with zero attached hydrogens (tertiary/aromatic N) is 2. The molecule has 0 radical (unpaired) electrons. The van der Waals surface area contributed by atoms with Crippen molar-refractivity contribution in [2.45, 2.75) is 20.4 Å². The lowest BCUT2D eigenvalue weighted by Crippen LogP contribution is -2.46. The number of phenolic OH excluding ortho intramolecular Hbond substituents is 1. The normalized spacial score (nSPS) is 15.9. The molecule has 0 saturated carbocycles. The lowest BCUT2D eigenvalue weighted by Gasteiger charge is -2.36. The molecule has 2 aromatic carbocycles. The van der Waals surface area contributed by atoms with Crippen LogP contribution in [0.1, 0.15) is 16.7 Å². The zero-order valence-electron chi connectivity index (χ0n) is 13.7. The highest BCUT2D eigenvalue weighted by Gasteiger charge is 2.18. The fourth-order valence-corrected chi connectivity index (χ4v) is 3.25. The first-order valence-electron chi connectivity index (χ1n) is 8.05. The second-order valence-corrected chi connectivity index (χ2v) is 6.74. The summed E-state index contributed by atoms with van der Waals surface area (Å²) in [5, 5.41) is 10.9. The van der Waals surface area contributed by atoms with Gasteiger partial charge < -0.3 is 10.0 Å². The van der Waals surface area contributed by atoms with Gasteiger partial charge in [0.15, 0.2) is 0 Å². The van der Waals surface area contributed by atoms with E-state index in [1.807, 2.05) is 31.2 Å². The molecule has 0 amide bonds. The molecule has 0 aromatic heterocycles. The van der Waals surface area contributed by atoms with Crippen molar-refractivity contribution in [2.24, 2.45) is 0 Å². The maximum Gasteiger partial charge on any atom is 0.120 e. The first-order valence-corrected chi connectivity index (χ1v) is 8.42. The number of aromatic hydroxyl groups is 1. The van der Waals surface area contributed by atoms with E-state index in [1.54, 1.807) is 0 Å². The van der Waals surface area contributed by atoms with E-state index in [9.17, 15) is 5.11 Å². The second-order valence-electron chi connectivity index (χ2n) is 6.31. The molecule has 1 aliphatic heterocycles. The van der Waals surface area contributed by atoms with E-state index in [0.29, 0.717) is 5.75 Å². The molecule has 3 nitrogen and oxygen atoms in total. The van der Waals surface area contributed by atoms with Gasteiger partial charge in [0.2, 0.25) is 0 Å². The number of anilines is 1. The van der Waals surface area contributed by atoms with E-state index in [1.165, 1.54) is 11.3 Å². The van der Waals surface area contributed by atoms with Crippen molar-refractivity contribution in [1.82, 2.24) is 4.90 Å². The number of halogens is 1. The molecule has 2 aromatic rings. The van der Waals surface area contributed by atoms with Gasteiger partial charge in [-0.2, -0.15) is 0 Å². The Morgan fingerprint density at radius 1 is 1.00 bits per heavy atom. The topological polar surface area (TPSA) is 26.7 Å². The van der Waals surface area contributed by atoms with Gasteiger partial charge in [-0.25, -0.2) is 0 Å². The molecule has 0 unspecified atom stereocenters. The van der Waals surface area contributed by atoms with Gasteiger partial charge in [0.1, 0.15) is 5.75 Å². The first-order chi connectivity index (χ1) is 11.0. The average Bonchev–Trinajstić information content (AvgIpc) is 2.53. The van der Waals surface area contributed by atoms with Crippen LogP contribution in [0, 0.1) is 13.8 Å². The SMILES string of the molecule is Cc1cc(O)c(CN2CCN(c3cccc(Cl)c3)CC2)cc1C. The molecule has 23 heavy (non-hydrogen) atoms. The lowest BCUT2D eigenvalue weighted by molar-refractivity contribution is 0.246. The maximum absolute atomic E-state index is 10.2. The molecule has 1 heterocycles. The maximum atomic E-state index is 10.2. The van der Waals surface area contributed by atoms with Crippen LogP contribution in [0.3, 0.4) is 0 Å². The Balaban J connectivity index is 1.62. The minimum atomic E-state index is 0.408. The van der Waals surface area contributed by atoms with Gasteiger partial charge in [0.25, 0.3) is 0 Å². The Kier molecular flexibility index (Phi) is 4.79. The highest BCUT2D eigenvalue weighted by Crippen LogP contribution is 2.25. The largest absolute Gasteiger partial charge is 0.508 e. The van der Waals surface area contributed by atoms with Gasteiger partial charge in [-0.05, 0) is 49.2 Å². The van der Waals surface area contributed by atoms with Gasteiger partial charge in [-0.15, -0.1) is 0 Å². The van der Waals surface area contributed by atoms with Crippen LogP contribution in [-0.2, 0) is 6.54 Å². The Morgan fingerprint density at radius 3 is 2.39 bits per heavy atom. The Morgan fingerprint density at radius 2 is 1.70 bits per heavy atom. The number of hydrogen-bond donors (Lipinski definition) is 1. The average molecular weight is 331 g/mol. The zero-order chi connectivity index (χ0) is 16.4. The summed E-state index contributed by atoms with van der Waals surface area (Å²) in [6, 6.07) is 12.0. The molecule has 0 bridgehead atoms. The molecule has 0 aliphatic carbocycles. The van der Waals surface area contributed by atoms with Crippen LogP contribution in [0.5, 0.6) is 5.75 Å². The minimum Gasteiger partial charge on any atom is -0.508 e. The van der Waals surface area contributed by atoms with Crippen LogP contribution >= 0.6 is 11.6 Å². The molecular weight excluding hydrogens is 308 g/mol. The smallest absolute Gasteiger partial charge is 0.120 e. The van der Waals surface area contributed by atoms with E-state index < -0.39 is 0 Å². The van der Waals surface area contributed by atoms with Crippen molar-refractivity contribution in [3.8, 4) is 5.75 Å². The molecule has 3 rings (SSSR count). The van der Waals surface area contributed by atoms with Crippen LogP contribution < -0.4 is 4.90 Å². The van der Waals surface area contributed by atoms with E-state index in [0.717, 1.165) is 48.9 Å². The minimum absolute atomic E-state index is 0.408. The molecule has 1 aliphatic rings. The predicted octanol–water partition coefficient (Wildman–Crippen LogP) is 3.98. The van der Waals surface area contributed by atoms with E-state index in [4.69, 9.17) is 11.6 Å². The van der Waals surface area contributed by atoms with Crippen LogP contribution in [-0.4, -0.2) is 36.2 Å². The van der Waals surface area contributed by atoms with Crippen LogP contribution in [0.25, 0.3) is 0 Å². The lowest BCUT2D eigenvalue weighted by atomic mass is 10.0. The molecule has 1 N–H and O–H groups in total. The van der Waals surface area contributed by atoms with E-state index >= 15 is 0 Å². The van der Waals surface area contributed by atoms with Crippen molar-refractivity contribution in [2.75, 3.05) is 31.1 Å². The van der Waals surface area contributed by atoms with Crippen LogP contribution in [0.4, 0.5) is 5.69 Å². The summed E-state index contributed by atoms with van der Waals surface area (Å²) >= 11 is 6.08. The van der Waals surface area contributed by atoms with E-state index in [2.05, 4.69) is 28.9 Å². The first kappa shape index (κ1) is 16.2. The van der Waals surface area contributed by atoms with Gasteiger partial charge in [-0.1, -0.05) is 23.7 Å². The molecule has 4 heteroatoms. The van der Waals surface area contributed by atoms with Gasteiger partial charge in [0, 0.05) is 49.0 Å². The van der Waals surface area contributed by atoms with Crippen LogP contribution in [0.2, 0.25) is 5.02 Å². The fraction of sp³-hybridized carbons (Fsp3) is 0.368. The molecule has 1 saturated heterocycles. The molecular formula is C19H23ClN2O. The standard InChI is InChI=1S/C19H23ClN2O/c1-14-10-16(19(23)11-15(14)2)13-21-6-8-22(9-7-21)18-5-3-4-17(20)12-18/h3-5,10-12,23H,6-9,13H2,1-2H3. The number of piperazine rings is 1. The number of phenols is 1. The van der Waals surface area contributed by atoms with Crippen molar-refractivity contribution in [3.05, 3.63) is 58.1 Å². The number of hydrogen-bond acceptors (Lipinski definition) is 3. The van der Waals surface area contributed by atoms with Crippen molar-refractivity contribution in [3.63, 3.8) is 0 Å². The Hall–Kier alpha value is -1.71. The summed E-state index contributed by atoms with van der Waals surface area (Å²) in [6.45, 7) is 8.85. The molecule has 0 spiro atoms. The Labute approximate surface area is 143 Å². The highest BCUT2D eigenvalue weighted by molar-refractivity contribution is 6.30. The molecule has 0 atom stereocenters. The quantitative estimate of drug-likeness (QED) is 0.922. The summed E-state index contributed by atoms with van der Waals surface area (Å²) in [7, 11) is 0. The van der Waals surface area contributed by atoms with Gasteiger partial charge >= 0.3 is 0 Å². The van der Waals surface area contributed by atoms with Crippen LogP contribution in [0.15, 0.2) is 36.4 Å². The zero-order valence-corrected chi connectivity index (χ0v) is 14.5. The monoisotopic (exact) mass is 330 g/mol. The third kappa shape index (κ3) is 3.80. The summed E-state index contributed by atoms with van der Waals surface area (Å²) < 4.78 is 0. The van der Waals surface area contributed by atoms with Crippen molar-refractivity contribution < 1.29 is 5.11 Å². The third-order valence-electron chi connectivity index (χ3n) is 4.63. The number of rotatable bonds is 3. The summed E-state index contributed by atoms with van der Waals surface area (Å²) in [5.41, 5.74) is 4.57. The summed E-state index contributed by atoms with van der Waals surface area (Å²) in [6.07, 6.45) is 0. The molecule has 1 fully saturated rings. The Bertz CT molecular complexity index is 694.